The van der Waals surface area contributed by atoms with E-state index in [-0.39, 0.29) is 6.42 Å². The summed E-state index contributed by atoms with van der Waals surface area (Å²) in [5, 5.41) is 8.64. The van der Waals surface area contributed by atoms with Crippen molar-refractivity contribution in [2.75, 3.05) is 0 Å². The molecule has 0 unspecified atom stereocenters. The molecule has 100 valence electrons. The van der Waals surface area contributed by atoms with Gasteiger partial charge in [-0.1, -0.05) is 38.1 Å². The van der Waals surface area contributed by atoms with Crippen LogP contribution >= 0.6 is 0 Å². The molecule has 4 heteroatoms. The number of carbonyl (C=O) groups is 1. The van der Waals surface area contributed by atoms with Gasteiger partial charge in [0, 0.05) is 6.42 Å². The Balaban J connectivity index is 2.11. The number of carboxylic acids is 1. The van der Waals surface area contributed by atoms with Crippen molar-refractivity contribution in [2.24, 2.45) is 0 Å². The highest BCUT2D eigenvalue weighted by atomic mass is 16.4. The molecule has 0 saturated carbocycles. The van der Waals surface area contributed by atoms with Gasteiger partial charge in [-0.05, 0) is 17.0 Å². The Kier molecular flexibility index (Phi) is 4.00. The molecule has 0 aliphatic heterocycles. The van der Waals surface area contributed by atoms with E-state index >= 15 is 0 Å². The van der Waals surface area contributed by atoms with Gasteiger partial charge in [-0.25, -0.2) is 4.98 Å². The number of hydrogen-bond donors (Lipinski definition) is 2. The summed E-state index contributed by atoms with van der Waals surface area (Å²) >= 11 is 0. The molecule has 0 fully saturated rings. The largest absolute Gasteiger partial charge is 0.481 e. The monoisotopic (exact) mass is 258 g/mol. The second-order valence-electron chi connectivity index (χ2n) is 4.91. The van der Waals surface area contributed by atoms with E-state index in [9.17, 15) is 4.79 Å². The van der Waals surface area contributed by atoms with Crippen molar-refractivity contribution in [3.8, 4) is 11.3 Å². The smallest absolute Gasteiger partial charge is 0.303 e. The predicted octanol–water partition coefficient (Wildman–Crippen LogP) is 3.22. The van der Waals surface area contributed by atoms with Crippen LogP contribution in [0.4, 0.5) is 0 Å². The van der Waals surface area contributed by atoms with Crippen LogP contribution in [0.25, 0.3) is 11.3 Å². The van der Waals surface area contributed by atoms with Crippen LogP contribution < -0.4 is 0 Å². The molecule has 1 aromatic heterocycles. The van der Waals surface area contributed by atoms with Crippen LogP contribution in [0.1, 0.15) is 37.6 Å². The third-order valence-electron chi connectivity index (χ3n) is 3.09. The zero-order valence-corrected chi connectivity index (χ0v) is 11.2. The Morgan fingerprint density at radius 1 is 1.32 bits per heavy atom. The molecule has 0 amide bonds. The number of nitrogens with zero attached hydrogens (tertiary/aromatic N) is 1. The van der Waals surface area contributed by atoms with Gasteiger partial charge in [0.15, 0.2) is 0 Å². The fraction of sp³-hybridized carbons (Fsp3) is 0.333. The molecule has 1 aromatic carbocycles. The van der Waals surface area contributed by atoms with Crippen molar-refractivity contribution < 1.29 is 9.90 Å². The predicted molar refractivity (Wildman–Crippen MR) is 74.1 cm³/mol. The first-order chi connectivity index (χ1) is 9.06. The number of benzene rings is 1. The van der Waals surface area contributed by atoms with Gasteiger partial charge in [-0.3, -0.25) is 4.79 Å². The Labute approximate surface area is 112 Å². The zero-order valence-electron chi connectivity index (χ0n) is 11.2. The molecule has 4 nitrogen and oxygen atoms in total. The van der Waals surface area contributed by atoms with Crippen molar-refractivity contribution in [1.82, 2.24) is 9.97 Å². The second-order valence-corrected chi connectivity index (χ2v) is 4.91. The summed E-state index contributed by atoms with van der Waals surface area (Å²) < 4.78 is 0. The van der Waals surface area contributed by atoms with E-state index < -0.39 is 5.97 Å². The molecular weight excluding hydrogens is 240 g/mol. The number of nitrogens with one attached hydrogen (secondary N) is 1. The minimum absolute atomic E-state index is 0.0965. The maximum Gasteiger partial charge on any atom is 0.303 e. The standard InChI is InChI=1S/C15H18N2O2/c1-10(2)11-3-5-12(6-4-11)13-9-16-14(17-13)7-8-15(18)19/h3-6,9-10H,7-8H2,1-2H3,(H,16,17)(H,18,19). The minimum atomic E-state index is -0.806. The lowest BCUT2D eigenvalue weighted by Gasteiger charge is -2.05. The Morgan fingerprint density at radius 2 is 2.00 bits per heavy atom. The fourth-order valence-corrected chi connectivity index (χ4v) is 1.91. The zero-order chi connectivity index (χ0) is 13.8. The number of carboxylic acid groups (broad SMARTS) is 1. The van der Waals surface area contributed by atoms with Crippen molar-refractivity contribution in [3.63, 3.8) is 0 Å². The Bertz CT molecular complexity index is 556. The summed E-state index contributed by atoms with van der Waals surface area (Å²) in [6, 6.07) is 8.34. The van der Waals surface area contributed by atoms with Crippen LogP contribution in [0.15, 0.2) is 30.5 Å². The van der Waals surface area contributed by atoms with Crippen molar-refractivity contribution in [3.05, 3.63) is 41.9 Å². The van der Waals surface area contributed by atoms with Crippen LogP contribution in [-0.4, -0.2) is 21.0 Å². The van der Waals surface area contributed by atoms with Gasteiger partial charge >= 0.3 is 5.97 Å². The number of aromatic nitrogens is 2. The lowest BCUT2D eigenvalue weighted by molar-refractivity contribution is -0.137. The maximum atomic E-state index is 10.5. The SMILES string of the molecule is CC(C)c1ccc(-c2cnc(CCC(=O)O)[nH]2)cc1. The summed E-state index contributed by atoms with van der Waals surface area (Å²) in [7, 11) is 0. The van der Waals surface area contributed by atoms with Gasteiger partial charge in [0.1, 0.15) is 5.82 Å². The van der Waals surface area contributed by atoms with Crippen LogP contribution in [0.3, 0.4) is 0 Å². The fourth-order valence-electron chi connectivity index (χ4n) is 1.91. The molecule has 0 aliphatic carbocycles. The molecule has 0 spiro atoms. The summed E-state index contributed by atoms with van der Waals surface area (Å²) in [6.45, 7) is 4.32. The molecule has 1 heterocycles. The van der Waals surface area contributed by atoms with Gasteiger partial charge < -0.3 is 10.1 Å². The number of aromatic amines is 1. The molecule has 0 aliphatic rings. The van der Waals surface area contributed by atoms with Gasteiger partial charge in [0.25, 0.3) is 0 Å². The van der Waals surface area contributed by atoms with Crippen molar-refractivity contribution >= 4 is 5.97 Å². The quantitative estimate of drug-likeness (QED) is 0.865. The normalized spacial score (nSPS) is 10.9. The van der Waals surface area contributed by atoms with Crippen LogP contribution in [0, 0.1) is 0 Å². The number of H-pyrrole nitrogens is 1. The van der Waals surface area contributed by atoms with Gasteiger partial charge in [0.05, 0.1) is 18.3 Å². The molecular formula is C15H18N2O2. The topological polar surface area (TPSA) is 66.0 Å². The first kappa shape index (κ1) is 13.3. The highest BCUT2D eigenvalue weighted by Gasteiger charge is 2.06. The Morgan fingerprint density at radius 3 is 2.58 bits per heavy atom. The van der Waals surface area contributed by atoms with Crippen LogP contribution in [0.2, 0.25) is 0 Å². The Hall–Kier alpha value is -2.10. The first-order valence-corrected chi connectivity index (χ1v) is 6.42. The van der Waals surface area contributed by atoms with Crippen molar-refractivity contribution in [2.45, 2.75) is 32.6 Å². The average Bonchev–Trinajstić information content (AvgIpc) is 2.85. The molecule has 0 saturated heterocycles. The van der Waals surface area contributed by atoms with E-state index in [1.54, 1.807) is 6.20 Å². The first-order valence-electron chi connectivity index (χ1n) is 6.42. The van der Waals surface area contributed by atoms with E-state index in [0.717, 1.165) is 11.3 Å². The van der Waals surface area contributed by atoms with E-state index in [1.807, 2.05) is 0 Å². The molecule has 0 radical (unpaired) electrons. The lowest BCUT2D eigenvalue weighted by Crippen LogP contribution is -1.98. The second kappa shape index (κ2) is 5.69. The molecule has 2 aromatic rings. The van der Waals surface area contributed by atoms with E-state index in [4.69, 9.17) is 5.11 Å². The van der Waals surface area contributed by atoms with Crippen molar-refractivity contribution in [1.29, 1.82) is 0 Å². The van der Waals surface area contributed by atoms with E-state index in [0.29, 0.717) is 18.2 Å². The number of imidazole rings is 1. The highest BCUT2D eigenvalue weighted by Crippen LogP contribution is 2.21. The molecule has 19 heavy (non-hydrogen) atoms. The minimum Gasteiger partial charge on any atom is -0.481 e. The lowest BCUT2D eigenvalue weighted by atomic mass is 10.0. The number of aryl methyl sites for hydroxylation is 1. The third-order valence-corrected chi connectivity index (χ3v) is 3.09. The molecule has 0 atom stereocenters. The third kappa shape index (κ3) is 3.44. The maximum absolute atomic E-state index is 10.5. The van der Waals surface area contributed by atoms with Gasteiger partial charge in [0.2, 0.25) is 0 Å². The number of rotatable bonds is 5. The average molecular weight is 258 g/mol. The van der Waals surface area contributed by atoms with E-state index in [1.165, 1.54) is 5.56 Å². The van der Waals surface area contributed by atoms with Crippen LogP contribution in [-0.2, 0) is 11.2 Å². The molecule has 0 bridgehead atoms. The number of hydrogen-bond acceptors (Lipinski definition) is 2. The van der Waals surface area contributed by atoms with E-state index in [2.05, 4.69) is 48.1 Å². The van der Waals surface area contributed by atoms with Gasteiger partial charge in [-0.15, -0.1) is 0 Å². The highest BCUT2D eigenvalue weighted by molar-refractivity contribution is 5.67. The molecule has 2 rings (SSSR count). The summed E-state index contributed by atoms with van der Waals surface area (Å²) in [5.74, 6) is 0.423. The number of aliphatic carboxylic acids is 1. The summed E-state index contributed by atoms with van der Waals surface area (Å²) in [4.78, 5) is 17.9. The molecule has 2 N–H and O–H groups in total. The van der Waals surface area contributed by atoms with Gasteiger partial charge in [-0.2, -0.15) is 0 Å². The van der Waals surface area contributed by atoms with Crippen LogP contribution in [0.5, 0.6) is 0 Å². The summed E-state index contributed by atoms with van der Waals surface area (Å²) in [6.07, 6.45) is 2.28. The summed E-state index contributed by atoms with van der Waals surface area (Å²) in [5.41, 5.74) is 3.29.